The Bertz CT molecular complexity index is 753. The monoisotopic (exact) mass is 388 g/mol. The van der Waals surface area contributed by atoms with Gasteiger partial charge < -0.3 is 10.5 Å². The molecule has 0 aliphatic heterocycles. The smallest absolute Gasteiger partial charge is 0.204 e. The van der Waals surface area contributed by atoms with Crippen LogP contribution in [-0.2, 0) is 15.1 Å². The molecule has 0 bridgehead atoms. The van der Waals surface area contributed by atoms with Gasteiger partial charge in [0.1, 0.15) is 17.2 Å². The number of primary amides is 1. The number of nitrogens with two attached hydrogens (primary N) is 1. The molecule has 6 heteroatoms. The number of nitrogens with zero attached hydrogens (tertiary/aromatic N) is 1. The van der Waals surface area contributed by atoms with Crippen LogP contribution in [0, 0.1) is 17.6 Å². The maximum Gasteiger partial charge on any atom is 0.204 e. The minimum absolute atomic E-state index is 0.197. The van der Waals surface area contributed by atoms with Crippen LogP contribution in [0.4, 0.5) is 8.78 Å². The Labute approximate surface area is 164 Å². The number of hydrogen-bond donors (Lipinski definition) is 1. The van der Waals surface area contributed by atoms with Crippen molar-refractivity contribution < 1.29 is 18.3 Å². The van der Waals surface area contributed by atoms with Crippen LogP contribution in [0.5, 0.6) is 0 Å². The van der Waals surface area contributed by atoms with Gasteiger partial charge in [0, 0.05) is 0 Å². The number of carbonyl (C=O) groups excluding carboxylic acids is 1. The normalized spacial score (nSPS) is 24.1. The zero-order valence-corrected chi connectivity index (χ0v) is 15.8. The first-order valence-electron chi connectivity index (χ1n) is 9.73. The van der Waals surface area contributed by atoms with Crippen molar-refractivity contribution in [3.8, 4) is 0 Å². The third kappa shape index (κ3) is 5.13. The first-order valence-corrected chi connectivity index (χ1v) is 9.73. The van der Waals surface area contributed by atoms with Gasteiger partial charge in [0.2, 0.25) is 6.41 Å². The molecular formula is C22H26F2N2O2. The van der Waals surface area contributed by atoms with Crippen LogP contribution in [0.1, 0.15) is 55.7 Å². The first kappa shape index (κ1) is 20.4. The van der Waals surface area contributed by atoms with Gasteiger partial charge in [0.25, 0.3) is 0 Å². The first-order chi connectivity index (χ1) is 13.6. The van der Waals surface area contributed by atoms with E-state index in [1.807, 2.05) is 12.1 Å². The summed E-state index contributed by atoms with van der Waals surface area (Å²) < 4.78 is 32.8. The Morgan fingerprint density at radius 3 is 2.18 bits per heavy atom. The summed E-state index contributed by atoms with van der Waals surface area (Å²) in [5, 5.41) is 0. The molecule has 2 aliphatic rings. The van der Waals surface area contributed by atoms with Gasteiger partial charge in [0.05, 0.1) is 18.5 Å². The number of halogens is 2. The van der Waals surface area contributed by atoms with E-state index >= 15 is 0 Å². The number of amides is 1. The Morgan fingerprint density at radius 1 is 1.04 bits per heavy atom. The minimum atomic E-state index is -0.410. The van der Waals surface area contributed by atoms with E-state index in [1.54, 1.807) is 6.07 Å². The molecule has 0 radical (unpaired) electrons. The Morgan fingerprint density at radius 2 is 1.64 bits per heavy atom. The number of pyridine rings is 1. The van der Waals surface area contributed by atoms with E-state index in [0.29, 0.717) is 11.8 Å². The largest absolute Gasteiger partial charge is 0.372 e. The molecule has 2 aromatic rings. The lowest BCUT2D eigenvalue weighted by Gasteiger charge is -2.40. The number of aromatic nitrogens is 1. The fourth-order valence-corrected chi connectivity index (χ4v) is 3.83. The second kappa shape index (κ2) is 9.24. The molecule has 28 heavy (non-hydrogen) atoms. The maximum atomic E-state index is 13.3. The molecule has 1 amide bonds. The molecule has 4 rings (SSSR count). The van der Waals surface area contributed by atoms with E-state index < -0.39 is 5.60 Å². The average molecular weight is 388 g/mol. The molecule has 0 spiro atoms. The van der Waals surface area contributed by atoms with E-state index in [2.05, 4.69) is 10.7 Å². The summed E-state index contributed by atoms with van der Waals surface area (Å²) in [6, 6.07) is 10.1. The molecule has 2 N–H and O–H groups in total. The molecular weight excluding hydrogens is 362 g/mol. The SMILES string of the molecule is Fc1ccc(C2CCC(OCC3CC3)(c3ccc(F)cn3)CC2)cc1.NC=O. The van der Waals surface area contributed by atoms with Crippen molar-refractivity contribution in [2.75, 3.05) is 6.61 Å². The van der Waals surface area contributed by atoms with Crippen molar-refractivity contribution in [3.63, 3.8) is 0 Å². The van der Waals surface area contributed by atoms with E-state index in [4.69, 9.17) is 9.53 Å². The number of ether oxygens (including phenoxy) is 1. The van der Waals surface area contributed by atoms with Crippen molar-refractivity contribution in [1.29, 1.82) is 0 Å². The van der Waals surface area contributed by atoms with Gasteiger partial charge in [-0.05, 0) is 80.2 Å². The lowest BCUT2D eigenvalue weighted by Crippen LogP contribution is -2.36. The van der Waals surface area contributed by atoms with Crippen molar-refractivity contribution in [2.45, 2.75) is 50.0 Å². The molecule has 0 saturated heterocycles. The summed E-state index contributed by atoms with van der Waals surface area (Å²) in [6.07, 6.45) is 7.67. The van der Waals surface area contributed by atoms with Crippen LogP contribution >= 0.6 is 0 Å². The van der Waals surface area contributed by atoms with Crippen molar-refractivity contribution >= 4 is 6.41 Å². The van der Waals surface area contributed by atoms with Crippen LogP contribution in [0.25, 0.3) is 0 Å². The lowest BCUT2D eigenvalue weighted by molar-refractivity contribution is -0.106. The molecule has 2 fully saturated rings. The van der Waals surface area contributed by atoms with Gasteiger partial charge in [-0.2, -0.15) is 0 Å². The Kier molecular flexibility index (Phi) is 6.73. The zero-order chi connectivity index (χ0) is 20.0. The summed E-state index contributed by atoms with van der Waals surface area (Å²) in [5.41, 5.74) is 5.78. The van der Waals surface area contributed by atoms with Gasteiger partial charge in [-0.15, -0.1) is 0 Å². The van der Waals surface area contributed by atoms with Crippen LogP contribution in [0.3, 0.4) is 0 Å². The van der Waals surface area contributed by atoms with Crippen LogP contribution in [0.15, 0.2) is 42.6 Å². The summed E-state index contributed by atoms with van der Waals surface area (Å²) in [4.78, 5) is 12.9. The summed E-state index contributed by atoms with van der Waals surface area (Å²) >= 11 is 0. The highest BCUT2D eigenvalue weighted by Crippen LogP contribution is 2.46. The second-order valence-electron chi connectivity index (χ2n) is 7.57. The zero-order valence-electron chi connectivity index (χ0n) is 15.8. The van der Waals surface area contributed by atoms with Crippen molar-refractivity contribution in [3.05, 3.63) is 65.5 Å². The fourth-order valence-electron chi connectivity index (χ4n) is 3.83. The Balaban J connectivity index is 0.000000706. The lowest BCUT2D eigenvalue weighted by atomic mass is 9.74. The molecule has 4 nitrogen and oxygen atoms in total. The molecule has 0 unspecified atom stereocenters. The minimum Gasteiger partial charge on any atom is -0.372 e. The predicted molar refractivity (Wildman–Crippen MR) is 102 cm³/mol. The van der Waals surface area contributed by atoms with E-state index in [-0.39, 0.29) is 18.0 Å². The standard InChI is InChI=1S/C21H23F2NO.CH3NO/c22-18-5-3-16(4-6-18)17-9-11-21(12-10-17,25-14-15-1-2-15)20-8-7-19(23)13-24-20;2-1-3/h3-8,13,15,17H,1-2,9-12,14H2;1H,(H2,2,3). The third-order valence-corrected chi connectivity index (χ3v) is 5.62. The Hall–Kier alpha value is -2.34. The average Bonchev–Trinajstić information content (AvgIpc) is 3.53. The molecule has 1 aromatic heterocycles. The van der Waals surface area contributed by atoms with Crippen molar-refractivity contribution in [2.24, 2.45) is 11.7 Å². The van der Waals surface area contributed by atoms with E-state index in [1.165, 1.54) is 42.8 Å². The second-order valence-corrected chi connectivity index (χ2v) is 7.57. The fraction of sp³-hybridized carbons (Fsp3) is 0.455. The topological polar surface area (TPSA) is 65.2 Å². The highest BCUT2D eigenvalue weighted by molar-refractivity contribution is 5.42. The summed E-state index contributed by atoms with van der Waals surface area (Å²) in [5.74, 6) is 0.573. The van der Waals surface area contributed by atoms with Gasteiger partial charge in [-0.25, -0.2) is 8.78 Å². The van der Waals surface area contributed by atoms with Gasteiger partial charge in [-0.1, -0.05) is 12.1 Å². The van der Waals surface area contributed by atoms with Crippen molar-refractivity contribution in [1.82, 2.24) is 4.98 Å². The molecule has 0 atom stereocenters. The molecule has 1 heterocycles. The molecule has 150 valence electrons. The quantitative estimate of drug-likeness (QED) is 0.770. The third-order valence-electron chi connectivity index (χ3n) is 5.62. The highest BCUT2D eigenvalue weighted by Gasteiger charge is 2.40. The molecule has 1 aromatic carbocycles. The highest BCUT2D eigenvalue weighted by atomic mass is 19.1. The number of benzene rings is 1. The maximum absolute atomic E-state index is 13.3. The summed E-state index contributed by atoms with van der Waals surface area (Å²) in [7, 11) is 0. The number of carbonyl (C=O) groups is 1. The number of rotatable bonds is 5. The van der Waals surface area contributed by atoms with Gasteiger partial charge in [-0.3, -0.25) is 9.78 Å². The van der Waals surface area contributed by atoms with Gasteiger partial charge >= 0.3 is 0 Å². The molecule has 2 saturated carbocycles. The van der Waals surface area contributed by atoms with E-state index in [9.17, 15) is 8.78 Å². The number of hydrogen-bond acceptors (Lipinski definition) is 3. The van der Waals surface area contributed by atoms with Crippen LogP contribution in [0.2, 0.25) is 0 Å². The molecule has 2 aliphatic carbocycles. The predicted octanol–water partition coefficient (Wildman–Crippen LogP) is 4.44. The van der Waals surface area contributed by atoms with Crippen LogP contribution in [-0.4, -0.2) is 18.0 Å². The van der Waals surface area contributed by atoms with Gasteiger partial charge in [0.15, 0.2) is 0 Å². The summed E-state index contributed by atoms with van der Waals surface area (Å²) in [6.45, 7) is 0.764. The van der Waals surface area contributed by atoms with E-state index in [0.717, 1.165) is 38.0 Å². The van der Waals surface area contributed by atoms with Crippen LogP contribution < -0.4 is 5.73 Å².